The summed E-state index contributed by atoms with van der Waals surface area (Å²) >= 11 is 5.13. The molecule has 0 aliphatic rings. The molecule has 0 saturated heterocycles. The molecule has 0 aromatic carbocycles. The third-order valence-corrected chi connectivity index (χ3v) is 0.748. The highest BCUT2D eigenvalue weighted by Crippen LogP contribution is 1.79. The zero-order valence-electron chi connectivity index (χ0n) is 4.15. The maximum Gasteiger partial charge on any atom is 0.170 e. The third kappa shape index (κ3) is 3.53. The molecule has 2 heteroatoms. The highest BCUT2D eigenvalue weighted by Gasteiger charge is 1.86. The summed E-state index contributed by atoms with van der Waals surface area (Å²) in [5.41, 5.74) is 0. The minimum atomic E-state index is -0.0378. The minimum absolute atomic E-state index is 0.0378. The summed E-state index contributed by atoms with van der Waals surface area (Å²) in [7, 11) is 0. The van der Waals surface area contributed by atoms with Crippen LogP contribution < -0.4 is 0 Å². The monoisotopic (exact) mass is 118 g/mol. The van der Waals surface area contributed by atoms with Crippen LogP contribution in [0.15, 0.2) is 12.2 Å². The van der Waals surface area contributed by atoms with Crippen molar-refractivity contribution in [2.24, 2.45) is 0 Å². The van der Waals surface area contributed by atoms with Crippen molar-refractivity contribution in [3.05, 3.63) is 12.2 Å². The number of hydrogen-bond donors (Lipinski definition) is 0. The Morgan fingerprint density at radius 1 is 1.86 bits per heavy atom. The molecule has 7 heavy (non-hydrogen) atoms. The molecular formula is C5H7ClO. The van der Waals surface area contributed by atoms with E-state index in [4.69, 9.17) is 11.6 Å². The van der Waals surface area contributed by atoms with E-state index in [0.29, 0.717) is 0 Å². The topological polar surface area (TPSA) is 17.1 Å². The second-order valence-corrected chi connectivity index (χ2v) is 1.37. The molecule has 40 valence electrons. The number of halogens is 1. The lowest BCUT2D eigenvalue weighted by Crippen LogP contribution is -1.90. The van der Waals surface area contributed by atoms with E-state index in [0.717, 1.165) is 0 Å². The Balaban J connectivity index is 3.37. The van der Waals surface area contributed by atoms with E-state index >= 15 is 0 Å². The molecule has 0 radical (unpaired) electrons. The van der Waals surface area contributed by atoms with E-state index in [2.05, 4.69) is 0 Å². The number of rotatable bonds is 2. The van der Waals surface area contributed by atoms with Gasteiger partial charge in [-0.25, -0.2) is 0 Å². The van der Waals surface area contributed by atoms with Crippen LogP contribution in [0.1, 0.15) is 6.92 Å². The van der Waals surface area contributed by atoms with E-state index in [1.165, 1.54) is 6.08 Å². The maximum atomic E-state index is 10.2. The Labute approximate surface area is 48.0 Å². The fourth-order valence-corrected chi connectivity index (χ4v) is 0.320. The predicted molar refractivity (Wildman–Crippen MR) is 30.5 cm³/mol. The van der Waals surface area contributed by atoms with Crippen LogP contribution >= 0.6 is 11.6 Å². The number of alkyl halides is 1. The van der Waals surface area contributed by atoms with Gasteiger partial charge in [-0.05, 0) is 13.0 Å². The van der Waals surface area contributed by atoms with Crippen LogP contribution in [0.2, 0.25) is 0 Å². The van der Waals surface area contributed by atoms with Crippen LogP contribution in [0.5, 0.6) is 0 Å². The van der Waals surface area contributed by atoms with E-state index in [-0.39, 0.29) is 11.7 Å². The molecule has 0 heterocycles. The van der Waals surface area contributed by atoms with Crippen LogP contribution in [-0.4, -0.2) is 11.7 Å². The highest BCUT2D eigenvalue weighted by atomic mass is 35.5. The molecular weight excluding hydrogens is 112 g/mol. The van der Waals surface area contributed by atoms with Crippen LogP contribution in [-0.2, 0) is 4.79 Å². The largest absolute Gasteiger partial charge is 0.294 e. The van der Waals surface area contributed by atoms with Crippen LogP contribution in [0.3, 0.4) is 0 Å². The number of hydrogen-bond acceptors (Lipinski definition) is 1. The molecule has 0 aromatic rings. The van der Waals surface area contributed by atoms with Gasteiger partial charge in [-0.15, -0.1) is 11.6 Å². The van der Waals surface area contributed by atoms with Gasteiger partial charge < -0.3 is 0 Å². The summed E-state index contributed by atoms with van der Waals surface area (Å²) < 4.78 is 0. The van der Waals surface area contributed by atoms with Gasteiger partial charge in [0.25, 0.3) is 0 Å². The van der Waals surface area contributed by atoms with E-state index in [1.54, 1.807) is 13.0 Å². The Morgan fingerprint density at radius 3 is 2.57 bits per heavy atom. The fourth-order valence-electron chi connectivity index (χ4n) is 0.230. The summed E-state index contributed by atoms with van der Waals surface area (Å²) in [6.45, 7) is 1.78. The van der Waals surface area contributed by atoms with Crippen molar-refractivity contribution < 1.29 is 4.79 Å². The van der Waals surface area contributed by atoms with Crippen molar-refractivity contribution >= 4 is 17.4 Å². The highest BCUT2D eigenvalue weighted by molar-refractivity contribution is 6.29. The zero-order chi connectivity index (χ0) is 5.70. The molecule has 0 aromatic heterocycles. The molecule has 0 N–H and O–H groups in total. The Kier molecular flexibility index (Phi) is 3.71. The first-order valence-electron chi connectivity index (χ1n) is 2.02. The zero-order valence-corrected chi connectivity index (χ0v) is 4.90. The van der Waals surface area contributed by atoms with Gasteiger partial charge in [-0.1, -0.05) is 6.08 Å². The summed E-state index contributed by atoms with van der Waals surface area (Å²) in [5, 5.41) is 0. The number of carbonyl (C=O) groups excluding carboxylic acids is 1. The first-order chi connectivity index (χ1) is 3.31. The van der Waals surface area contributed by atoms with E-state index in [9.17, 15) is 4.79 Å². The van der Waals surface area contributed by atoms with Gasteiger partial charge in [0, 0.05) is 0 Å². The molecule has 1 nitrogen and oxygen atoms in total. The van der Waals surface area contributed by atoms with Gasteiger partial charge in [-0.2, -0.15) is 0 Å². The molecule has 0 aliphatic carbocycles. The Hall–Kier alpha value is -0.300. The van der Waals surface area contributed by atoms with Crippen molar-refractivity contribution in [2.75, 3.05) is 5.88 Å². The molecule has 0 unspecified atom stereocenters. The quantitative estimate of drug-likeness (QED) is 0.395. The standard InChI is InChI=1S/C5H7ClO/c1-2-3-5(7)4-6/h2-3H,4H2,1H3/b3-2+. The van der Waals surface area contributed by atoms with Crippen molar-refractivity contribution in [1.82, 2.24) is 0 Å². The molecule has 0 fully saturated rings. The minimum Gasteiger partial charge on any atom is -0.294 e. The summed E-state index contributed by atoms with van der Waals surface area (Å²) in [6, 6.07) is 0. The van der Waals surface area contributed by atoms with Crippen LogP contribution in [0.4, 0.5) is 0 Å². The second kappa shape index (κ2) is 3.88. The van der Waals surface area contributed by atoms with Gasteiger partial charge in [0.1, 0.15) is 0 Å². The van der Waals surface area contributed by atoms with Crippen LogP contribution in [0, 0.1) is 0 Å². The molecule has 0 rings (SSSR count). The van der Waals surface area contributed by atoms with Gasteiger partial charge in [0.2, 0.25) is 0 Å². The van der Waals surface area contributed by atoms with Crippen molar-refractivity contribution in [3.63, 3.8) is 0 Å². The maximum absolute atomic E-state index is 10.2. The molecule has 0 bridgehead atoms. The summed E-state index contributed by atoms with van der Waals surface area (Å²) in [5.74, 6) is 0.0498. The smallest absolute Gasteiger partial charge is 0.170 e. The average Bonchev–Trinajstić information content (AvgIpc) is 1.68. The Bertz CT molecular complexity index is 86.1. The molecule has 0 amide bonds. The fraction of sp³-hybridized carbons (Fsp3) is 0.400. The summed E-state index contributed by atoms with van der Waals surface area (Å²) in [6.07, 6.45) is 3.12. The average molecular weight is 119 g/mol. The number of ketones is 1. The molecule has 0 atom stereocenters. The molecule has 0 spiro atoms. The normalized spacial score (nSPS) is 10.0. The second-order valence-electron chi connectivity index (χ2n) is 1.10. The van der Waals surface area contributed by atoms with Gasteiger partial charge in [0.05, 0.1) is 5.88 Å². The van der Waals surface area contributed by atoms with Gasteiger partial charge >= 0.3 is 0 Å². The molecule has 0 aliphatic heterocycles. The van der Waals surface area contributed by atoms with Crippen LogP contribution in [0.25, 0.3) is 0 Å². The predicted octanol–water partition coefficient (Wildman–Crippen LogP) is 1.37. The lowest BCUT2D eigenvalue weighted by atomic mass is 10.4. The third-order valence-electron chi connectivity index (χ3n) is 0.484. The van der Waals surface area contributed by atoms with Crippen molar-refractivity contribution in [1.29, 1.82) is 0 Å². The number of carbonyl (C=O) groups is 1. The first kappa shape index (κ1) is 6.70. The van der Waals surface area contributed by atoms with Gasteiger partial charge in [0.15, 0.2) is 5.78 Å². The molecule has 0 saturated carbocycles. The summed E-state index contributed by atoms with van der Waals surface area (Å²) in [4.78, 5) is 10.2. The number of allylic oxidation sites excluding steroid dienone is 2. The van der Waals surface area contributed by atoms with Gasteiger partial charge in [-0.3, -0.25) is 4.79 Å². The lowest BCUT2D eigenvalue weighted by molar-refractivity contribution is -0.112. The van der Waals surface area contributed by atoms with Crippen molar-refractivity contribution in [3.8, 4) is 0 Å². The SMILES string of the molecule is C/C=C/C(=O)CCl. The van der Waals surface area contributed by atoms with E-state index < -0.39 is 0 Å². The van der Waals surface area contributed by atoms with Crippen molar-refractivity contribution in [2.45, 2.75) is 6.92 Å². The first-order valence-corrected chi connectivity index (χ1v) is 2.56. The lowest BCUT2D eigenvalue weighted by Gasteiger charge is -1.76. The van der Waals surface area contributed by atoms with E-state index in [1.807, 2.05) is 0 Å². The Morgan fingerprint density at radius 2 is 2.43 bits per heavy atom.